The van der Waals surface area contributed by atoms with Crippen molar-refractivity contribution in [3.8, 4) is 11.8 Å². The monoisotopic (exact) mass is 203 g/mol. The topological polar surface area (TPSA) is 70.3 Å². The number of benzene rings is 1. The van der Waals surface area contributed by atoms with E-state index in [1.165, 1.54) is 13.2 Å². The van der Waals surface area contributed by atoms with E-state index in [1.807, 2.05) is 6.07 Å². The van der Waals surface area contributed by atoms with E-state index in [9.17, 15) is 4.79 Å². The van der Waals surface area contributed by atoms with Crippen LogP contribution in [0.1, 0.15) is 11.1 Å². The third kappa shape index (κ3) is 2.85. The summed E-state index contributed by atoms with van der Waals surface area (Å²) in [7, 11) is 1.48. The maximum Gasteiger partial charge on any atom is 0.328 e. The average molecular weight is 203 g/mol. The van der Waals surface area contributed by atoms with Crippen molar-refractivity contribution in [1.82, 2.24) is 0 Å². The summed E-state index contributed by atoms with van der Waals surface area (Å²) in [4.78, 5) is 10.3. The number of nitrogens with zero attached hydrogens (tertiary/aromatic N) is 1. The Kier molecular flexibility index (Phi) is 3.47. The molecular weight excluding hydrogens is 194 g/mol. The lowest BCUT2D eigenvalue weighted by Crippen LogP contribution is -1.89. The predicted octanol–water partition coefficient (Wildman–Crippen LogP) is 1.66. The number of hydrogen-bond donors (Lipinski definition) is 1. The molecule has 4 nitrogen and oxygen atoms in total. The largest absolute Gasteiger partial charge is 0.495 e. The van der Waals surface area contributed by atoms with Gasteiger partial charge in [0.2, 0.25) is 0 Å². The molecule has 15 heavy (non-hydrogen) atoms. The third-order valence-corrected chi connectivity index (χ3v) is 1.76. The fourth-order valence-corrected chi connectivity index (χ4v) is 1.08. The van der Waals surface area contributed by atoms with E-state index < -0.39 is 5.97 Å². The van der Waals surface area contributed by atoms with Gasteiger partial charge in [0.15, 0.2) is 0 Å². The molecule has 0 unspecified atom stereocenters. The predicted molar refractivity (Wildman–Crippen MR) is 54.4 cm³/mol. The Hall–Kier alpha value is -2.28. The molecule has 4 heteroatoms. The number of hydrogen-bond acceptors (Lipinski definition) is 3. The van der Waals surface area contributed by atoms with Crippen LogP contribution in [0.4, 0.5) is 0 Å². The second-order valence-corrected chi connectivity index (χ2v) is 2.74. The van der Waals surface area contributed by atoms with Crippen LogP contribution in [0.25, 0.3) is 6.08 Å². The molecule has 0 bridgehead atoms. The normalized spacial score (nSPS) is 9.87. The lowest BCUT2D eigenvalue weighted by molar-refractivity contribution is -0.131. The first-order valence-corrected chi connectivity index (χ1v) is 4.16. The maximum absolute atomic E-state index is 10.3. The molecule has 76 valence electrons. The van der Waals surface area contributed by atoms with Gasteiger partial charge in [0.1, 0.15) is 11.8 Å². The first-order valence-electron chi connectivity index (χ1n) is 4.16. The molecule has 0 fully saturated rings. The van der Waals surface area contributed by atoms with Crippen molar-refractivity contribution in [3.63, 3.8) is 0 Å². The average Bonchev–Trinajstić information content (AvgIpc) is 2.25. The fourth-order valence-electron chi connectivity index (χ4n) is 1.08. The van der Waals surface area contributed by atoms with Gasteiger partial charge in [-0.15, -0.1) is 0 Å². The lowest BCUT2D eigenvalue weighted by Gasteiger charge is -2.02. The number of rotatable bonds is 3. The second-order valence-electron chi connectivity index (χ2n) is 2.74. The highest BCUT2D eigenvalue weighted by Crippen LogP contribution is 2.19. The summed E-state index contributed by atoms with van der Waals surface area (Å²) in [5, 5.41) is 17.2. The maximum atomic E-state index is 10.3. The first-order chi connectivity index (χ1) is 7.17. The zero-order valence-corrected chi connectivity index (χ0v) is 8.10. The molecule has 1 aromatic rings. The number of carbonyl (C=O) groups is 1. The SMILES string of the molecule is COc1ccc(C=CC(=O)O)cc1C#N. The molecule has 0 spiro atoms. The Labute approximate surface area is 87.0 Å². The molecule has 0 amide bonds. The number of aliphatic carboxylic acids is 1. The van der Waals surface area contributed by atoms with Gasteiger partial charge in [0.05, 0.1) is 12.7 Å². The Bertz CT molecular complexity index is 444. The standard InChI is InChI=1S/C11H9NO3/c1-15-10-4-2-8(3-5-11(13)14)6-9(10)7-12/h2-6H,1H3,(H,13,14). The van der Waals surface area contributed by atoms with E-state index in [1.54, 1.807) is 18.2 Å². The highest BCUT2D eigenvalue weighted by Gasteiger charge is 2.01. The molecule has 1 aromatic carbocycles. The molecule has 0 radical (unpaired) electrons. The number of carboxylic acid groups (broad SMARTS) is 1. The lowest BCUT2D eigenvalue weighted by atomic mass is 10.1. The Morgan fingerprint density at radius 1 is 1.60 bits per heavy atom. The van der Waals surface area contributed by atoms with Gasteiger partial charge in [-0.2, -0.15) is 5.26 Å². The van der Waals surface area contributed by atoms with Crippen LogP contribution in [0.3, 0.4) is 0 Å². The van der Waals surface area contributed by atoms with E-state index >= 15 is 0 Å². The summed E-state index contributed by atoms with van der Waals surface area (Å²) in [5.74, 6) is -0.547. The van der Waals surface area contributed by atoms with Crippen molar-refractivity contribution in [2.24, 2.45) is 0 Å². The van der Waals surface area contributed by atoms with Crippen LogP contribution in [-0.2, 0) is 4.79 Å². The van der Waals surface area contributed by atoms with Crippen LogP contribution in [0.5, 0.6) is 5.75 Å². The molecule has 1 N–H and O–H groups in total. The summed E-state index contributed by atoms with van der Waals surface area (Å²) < 4.78 is 4.95. The van der Waals surface area contributed by atoms with E-state index in [0.717, 1.165) is 6.08 Å². The summed E-state index contributed by atoms with van der Waals surface area (Å²) in [6.45, 7) is 0. The van der Waals surface area contributed by atoms with E-state index in [0.29, 0.717) is 16.9 Å². The molecule has 0 saturated carbocycles. The van der Waals surface area contributed by atoms with Crippen molar-refractivity contribution < 1.29 is 14.6 Å². The van der Waals surface area contributed by atoms with Crippen LogP contribution in [0.2, 0.25) is 0 Å². The minimum atomic E-state index is -1.02. The van der Waals surface area contributed by atoms with Gasteiger partial charge in [-0.1, -0.05) is 6.07 Å². The van der Waals surface area contributed by atoms with Crippen LogP contribution in [0.15, 0.2) is 24.3 Å². The number of ether oxygens (including phenoxy) is 1. The van der Waals surface area contributed by atoms with Gasteiger partial charge < -0.3 is 9.84 Å². The zero-order chi connectivity index (χ0) is 11.3. The van der Waals surface area contributed by atoms with Gasteiger partial charge in [-0.05, 0) is 23.8 Å². The van der Waals surface area contributed by atoms with Gasteiger partial charge in [-0.25, -0.2) is 4.79 Å². The highest BCUT2D eigenvalue weighted by atomic mass is 16.5. The summed E-state index contributed by atoms with van der Waals surface area (Å²) >= 11 is 0. The van der Waals surface area contributed by atoms with Crippen molar-refractivity contribution >= 4 is 12.0 Å². The molecule has 0 aliphatic rings. The molecule has 0 aliphatic heterocycles. The molecule has 0 aliphatic carbocycles. The van der Waals surface area contributed by atoms with E-state index in [-0.39, 0.29) is 0 Å². The molecule has 0 aromatic heterocycles. The molecule has 0 heterocycles. The van der Waals surface area contributed by atoms with E-state index in [2.05, 4.69) is 0 Å². The summed E-state index contributed by atoms with van der Waals surface area (Å²) in [5.41, 5.74) is 1.03. The van der Waals surface area contributed by atoms with Gasteiger partial charge in [-0.3, -0.25) is 0 Å². The highest BCUT2D eigenvalue weighted by molar-refractivity contribution is 5.85. The number of nitriles is 1. The molecular formula is C11H9NO3. The minimum absolute atomic E-state index is 0.380. The Morgan fingerprint density at radius 3 is 2.87 bits per heavy atom. The number of methoxy groups -OCH3 is 1. The number of carboxylic acids is 1. The zero-order valence-electron chi connectivity index (χ0n) is 8.10. The third-order valence-electron chi connectivity index (χ3n) is 1.76. The van der Waals surface area contributed by atoms with Crippen LogP contribution in [0, 0.1) is 11.3 Å². The van der Waals surface area contributed by atoms with E-state index in [4.69, 9.17) is 15.1 Å². The van der Waals surface area contributed by atoms with Crippen molar-refractivity contribution in [3.05, 3.63) is 35.4 Å². The van der Waals surface area contributed by atoms with Crippen LogP contribution < -0.4 is 4.74 Å². The molecule has 0 saturated heterocycles. The minimum Gasteiger partial charge on any atom is -0.495 e. The quantitative estimate of drug-likeness (QED) is 0.758. The fraction of sp³-hybridized carbons (Fsp3) is 0.0909. The summed E-state index contributed by atoms with van der Waals surface area (Å²) in [6.07, 6.45) is 2.44. The second kappa shape index (κ2) is 4.82. The Balaban J connectivity index is 3.04. The van der Waals surface area contributed by atoms with Gasteiger partial charge >= 0.3 is 5.97 Å². The smallest absolute Gasteiger partial charge is 0.328 e. The van der Waals surface area contributed by atoms with Crippen LogP contribution >= 0.6 is 0 Å². The Morgan fingerprint density at radius 2 is 2.33 bits per heavy atom. The van der Waals surface area contributed by atoms with Crippen molar-refractivity contribution in [2.75, 3.05) is 7.11 Å². The van der Waals surface area contributed by atoms with Crippen molar-refractivity contribution in [2.45, 2.75) is 0 Å². The summed E-state index contributed by atoms with van der Waals surface area (Å²) in [6, 6.07) is 6.84. The first kappa shape index (κ1) is 10.8. The van der Waals surface area contributed by atoms with Crippen molar-refractivity contribution in [1.29, 1.82) is 5.26 Å². The van der Waals surface area contributed by atoms with Gasteiger partial charge in [0.25, 0.3) is 0 Å². The molecule has 1 rings (SSSR count). The van der Waals surface area contributed by atoms with Gasteiger partial charge in [0, 0.05) is 6.08 Å². The molecule has 0 atom stereocenters. The van der Waals surface area contributed by atoms with Crippen LogP contribution in [-0.4, -0.2) is 18.2 Å².